The van der Waals surface area contributed by atoms with Crippen LogP contribution in [-0.2, 0) is 16.1 Å². The maximum absolute atomic E-state index is 12.9. The second kappa shape index (κ2) is 10.5. The van der Waals surface area contributed by atoms with E-state index in [1.54, 1.807) is 0 Å². The van der Waals surface area contributed by atoms with Gasteiger partial charge in [0.2, 0.25) is 11.8 Å². The highest BCUT2D eigenvalue weighted by Crippen LogP contribution is 2.37. The molecule has 7 heteroatoms. The van der Waals surface area contributed by atoms with Gasteiger partial charge < -0.3 is 22.1 Å². The first-order valence-corrected chi connectivity index (χ1v) is 9.70. The minimum absolute atomic E-state index is 0.0790. The average Bonchev–Trinajstić information content (AvgIpc) is 2.69. The number of carbonyl (C=O) groups excluding carboxylic acids is 2. The number of aliphatic imine (C=N–C) groups is 1. The molecule has 0 spiro atoms. The molecule has 1 fully saturated rings. The summed E-state index contributed by atoms with van der Waals surface area (Å²) in [7, 11) is 0. The molecule has 1 aromatic rings. The standard InChI is InChI=1S/C20H31N5O2/c21-19(22)24-14-8-7-13-23-17(26)20(11-5-2-6-12-20)18(27)25-15-16-9-3-1-4-10-16/h1,3-4,9-10H,2,5-8,11-15H2,(H,23,26)(H,25,27)(H4,21,22,24). The summed E-state index contributed by atoms with van der Waals surface area (Å²) in [5, 5.41) is 5.92. The molecular formula is C20H31N5O2. The number of carbonyl (C=O) groups is 2. The third-order valence-electron chi connectivity index (χ3n) is 5.04. The lowest BCUT2D eigenvalue weighted by molar-refractivity contribution is -0.146. The molecule has 0 saturated heterocycles. The molecule has 0 aromatic heterocycles. The van der Waals surface area contributed by atoms with Gasteiger partial charge in [0.15, 0.2) is 5.96 Å². The monoisotopic (exact) mass is 373 g/mol. The van der Waals surface area contributed by atoms with Crippen molar-refractivity contribution < 1.29 is 9.59 Å². The van der Waals surface area contributed by atoms with E-state index in [1.165, 1.54) is 0 Å². The zero-order valence-electron chi connectivity index (χ0n) is 15.9. The fourth-order valence-electron chi connectivity index (χ4n) is 3.48. The molecule has 0 aliphatic heterocycles. The van der Waals surface area contributed by atoms with E-state index in [0.717, 1.165) is 37.7 Å². The highest BCUT2D eigenvalue weighted by atomic mass is 16.2. The van der Waals surface area contributed by atoms with E-state index in [-0.39, 0.29) is 17.8 Å². The van der Waals surface area contributed by atoms with E-state index in [2.05, 4.69) is 15.6 Å². The topological polar surface area (TPSA) is 123 Å². The van der Waals surface area contributed by atoms with Gasteiger partial charge in [0.1, 0.15) is 5.41 Å². The summed E-state index contributed by atoms with van der Waals surface area (Å²) in [5.41, 5.74) is 10.6. The van der Waals surface area contributed by atoms with Gasteiger partial charge in [-0.3, -0.25) is 14.6 Å². The molecule has 7 nitrogen and oxygen atoms in total. The maximum Gasteiger partial charge on any atom is 0.235 e. The molecule has 27 heavy (non-hydrogen) atoms. The van der Waals surface area contributed by atoms with Crippen molar-refractivity contribution in [1.29, 1.82) is 0 Å². The molecule has 0 bridgehead atoms. The fraction of sp³-hybridized carbons (Fsp3) is 0.550. The number of benzene rings is 1. The SMILES string of the molecule is NC(N)=NCCCCNC(=O)C1(C(=O)NCc2ccccc2)CCCCC1. The summed E-state index contributed by atoms with van der Waals surface area (Å²) >= 11 is 0. The second-order valence-corrected chi connectivity index (χ2v) is 7.08. The molecular weight excluding hydrogens is 342 g/mol. The third-order valence-corrected chi connectivity index (χ3v) is 5.04. The van der Waals surface area contributed by atoms with Gasteiger partial charge in [-0.25, -0.2) is 0 Å². The number of nitrogens with zero attached hydrogens (tertiary/aromatic N) is 1. The number of hydrogen-bond acceptors (Lipinski definition) is 3. The van der Waals surface area contributed by atoms with Crippen molar-refractivity contribution in [1.82, 2.24) is 10.6 Å². The zero-order valence-corrected chi connectivity index (χ0v) is 15.9. The van der Waals surface area contributed by atoms with Crippen molar-refractivity contribution in [2.75, 3.05) is 13.1 Å². The highest BCUT2D eigenvalue weighted by Gasteiger charge is 2.45. The average molecular weight is 374 g/mol. The first-order chi connectivity index (χ1) is 13.0. The predicted molar refractivity (Wildman–Crippen MR) is 107 cm³/mol. The molecule has 148 valence electrons. The van der Waals surface area contributed by atoms with Gasteiger partial charge in [0, 0.05) is 19.6 Å². The normalized spacial score (nSPS) is 15.6. The third kappa shape index (κ3) is 6.27. The van der Waals surface area contributed by atoms with Gasteiger partial charge >= 0.3 is 0 Å². The van der Waals surface area contributed by atoms with Gasteiger partial charge in [-0.15, -0.1) is 0 Å². The lowest BCUT2D eigenvalue weighted by atomic mass is 9.72. The van der Waals surface area contributed by atoms with Crippen LogP contribution in [0.5, 0.6) is 0 Å². The summed E-state index contributed by atoms with van der Waals surface area (Å²) in [5.74, 6) is -0.242. The Hall–Kier alpha value is -2.57. The van der Waals surface area contributed by atoms with Crippen molar-refractivity contribution in [2.45, 2.75) is 51.5 Å². The fourth-order valence-corrected chi connectivity index (χ4v) is 3.48. The van der Waals surface area contributed by atoms with Crippen LogP contribution in [0, 0.1) is 5.41 Å². The Morgan fingerprint density at radius 3 is 2.30 bits per heavy atom. The molecule has 0 atom stereocenters. The number of amides is 2. The Bertz CT molecular complexity index is 635. The molecule has 0 radical (unpaired) electrons. The molecule has 0 heterocycles. The molecule has 2 amide bonds. The van der Waals surface area contributed by atoms with Gasteiger partial charge in [0.05, 0.1) is 0 Å². The molecule has 6 N–H and O–H groups in total. The first kappa shape index (κ1) is 20.7. The lowest BCUT2D eigenvalue weighted by Crippen LogP contribution is -2.52. The minimum atomic E-state index is -0.952. The van der Waals surface area contributed by atoms with E-state index in [9.17, 15) is 9.59 Å². The molecule has 0 unspecified atom stereocenters. The van der Waals surface area contributed by atoms with E-state index >= 15 is 0 Å². The number of hydrogen-bond donors (Lipinski definition) is 4. The number of nitrogens with one attached hydrogen (secondary N) is 2. The van der Waals surface area contributed by atoms with Crippen LogP contribution >= 0.6 is 0 Å². The highest BCUT2D eigenvalue weighted by molar-refractivity contribution is 6.05. The van der Waals surface area contributed by atoms with Gasteiger partial charge in [-0.05, 0) is 31.2 Å². The molecule has 1 aliphatic rings. The Balaban J connectivity index is 1.88. The molecule has 2 rings (SSSR count). The van der Waals surface area contributed by atoms with Crippen LogP contribution in [0.25, 0.3) is 0 Å². The molecule has 1 saturated carbocycles. The van der Waals surface area contributed by atoms with Crippen LogP contribution < -0.4 is 22.1 Å². The summed E-state index contributed by atoms with van der Waals surface area (Å²) in [6.45, 7) is 1.50. The quantitative estimate of drug-likeness (QED) is 0.226. The lowest BCUT2D eigenvalue weighted by Gasteiger charge is -2.34. The van der Waals surface area contributed by atoms with E-state index in [1.807, 2.05) is 30.3 Å². The Labute approximate surface area is 161 Å². The van der Waals surface area contributed by atoms with Crippen molar-refractivity contribution in [3.05, 3.63) is 35.9 Å². The molecule has 1 aliphatic carbocycles. The number of nitrogens with two attached hydrogens (primary N) is 2. The smallest absolute Gasteiger partial charge is 0.235 e. The van der Waals surface area contributed by atoms with Crippen LogP contribution in [-0.4, -0.2) is 30.9 Å². The van der Waals surface area contributed by atoms with E-state index in [4.69, 9.17) is 11.5 Å². The number of guanidine groups is 1. The van der Waals surface area contributed by atoms with Crippen LogP contribution in [0.2, 0.25) is 0 Å². The zero-order chi connectivity index (χ0) is 19.5. The Morgan fingerprint density at radius 1 is 0.963 bits per heavy atom. The predicted octanol–water partition coefficient (Wildman–Crippen LogP) is 1.42. The van der Waals surface area contributed by atoms with Crippen LogP contribution in [0.3, 0.4) is 0 Å². The van der Waals surface area contributed by atoms with Gasteiger partial charge in [-0.2, -0.15) is 0 Å². The van der Waals surface area contributed by atoms with Crippen molar-refractivity contribution in [3.8, 4) is 0 Å². The van der Waals surface area contributed by atoms with Crippen LogP contribution in [0.4, 0.5) is 0 Å². The maximum atomic E-state index is 12.9. The van der Waals surface area contributed by atoms with Crippen molar-refractivity contribution in [3.63, 3.8) is 0 Å². The summed E-state index contributed by atoms with van der Waals surface area (Å²) < 4.78 is 0. The number of unbranched alkanes of at least 4 members (excludes halogenated alkanes) is 1. The van der Waals surface area contributed by atoms with E-state index < -0.39 is 5.41 Å². The summed E-state index contributed by atoms with van der Waals surface area (Å²) in [4.78, 5) is 29.7. The van der Waals surface area contributed by atoms with Gasteiger partial charge in [0.25, 0.3) is 0 Å². The first-order valence-electron chi connectivity index (χ1n) is 9.70. The minimum Gasteiger partial charge on any atom is -0.370 e. The summed E-state index contributed by atoms with van der Waals surface area (Å²) in [6, 6.07) is 9.74. The van der Waals surface area contributed by atoms with Crippen LogP contribution in [0.1, 0.15) is 50.5 Å². The Morgan fingerprint density at radius 2 is 1.63 bits per heavy atom. The largest absolute Gasteiger partial charge is 0.370 e. The van der Waals surface area contributed by atoms with Gasteiger partial charge in [-0.1, -0.05) is 49.6 Å². The number of rotatable bonds is 9. The van der Waals surface area contributed by atoms with E-state index in [0.29, 0.717) is 32.5 Å². The van der Waals surface area contributed by atoms with Crippen molar-refractivity contribution >= 4 is 17.8 Å². The van der Waals surface area contributed by atoms with Crippen molar-refractivity contribution in [2.24, 2.45) is 21.9 Å². The van der Waals surface area contributed by atoms with Crippen LogP contribution in [0.15, 0.2) is 35.3 Å². The summed E-state index contributed by atoms with van der Waals surface area (Å²) in [6.07, 6.45) is 5.63. The molecule has 1 aromatic carbocycles. The Kier molecular flexibility index (Phi) is 8.10. The second-order valence-electron chi connectivity index (χ2n) is 7.08.